The molecular weight excluding hydrogens is 242 g/mol. The van der Waals surface area contributed by atoms with Gasteiger partial charge in [0, 0.05) is 19.3 Å². The van der Waals surface area contributed by atoms with Crippen molar-refractivity contribution < 1.29 is 0 Å². The Morgan fingerprint density at radius 1 is 1.16 bits per heavy atom. The topological polar surface area (TPSA) is 70.0 Å². The van der Waals surface area contributed by atoms with Gasteiger partial charge in [-0.1, -0.05) is 24.3 Å². The Morgan fingerprint density at radius 3 is 2.63 bits per heavy atom. The zero-order chi connectivity index (χ0) is 13.8. The van der Waals surface area contributed by atoms with Crippen molar-refractivity contribution in [2.75, 3.05) is 6.54 Å². The van der Waals surface area contributed by atoms with Crippen LogP contribution in [0.25, 0.3) is 0 Å². The fourth-order valence-corrected chi connectivity index (χ4v) is 1.99. The van der Waals surface area contributed by atoms with Gasteiger partial charge in [-0.3, -0.25) is 9.36 Å². The fourth-order valence-electron chi connectivity index (χ4n) is 1.99. The van der Waals surface area contributed by atoms with Crippen molar-refractivity contribution in [2.24, 2.45) is 12.8 Å². The highest BCUT2D eigenvalue weighted by Crippen LogP contribution is 2.06. The molecule has 0 aliphatic heterocycles. The van der Waals surface area contributed by atoms with Crippen LogP contribution in [-0.4, -0.2) is 15.7 Å². The summed E-state index contributed by atoms with van der Waals surface area (Å²) in [7, 11) is 1.63. The first kappa shape index (κ1) is 13.3. The average Bonchev–Trinajstić information content (AvgIpc) is 2.40. The second kappa shape index (κ2) is 5.67. The lowest BCUT2D eigenvalue weighted by atomic mass is 10.1. The molecule has 1 aromatic heterocycles. The summed E-state index contributed by atoms with van der Waals surface area (Å²) < 4.78 is 2.62. The summed E-state index contributed by atoms with van der Waals surface area (Å²) in [4.78, 5) is 23.6. The van der Waals surface area contributed by atoms with Crippen molar-refractivity contribution in [1.82, 2.24) is 9.13 Å². The number of nitrogens with two attached hydrogens (primary N) is 1. The van der Waals surface area contributed by atoms with E-state index in [4.69, 9.17) is 5.73 Å². The summed E-state index contributed by atoms with van der Waals surface area (Å²) in [5.74, 6) is 0. The van der Waals surface area contributed by atoms with Gasteiger partial charge in [0.25, 0.3) is 5.56 Å². The normalized spacial score (nSPS) is 10.6. The van der Waals surface area contributed by atoms with Crippen molar-refractivity contribution in [3.63, 3.8) is 0 Å². The van der Waals surface area contributed by atoms with Crippen molar-refractivity contribution in [2.45, 2.75) is 13.0 Å². The number of hydrogen-bond acceptors (Lipinski definition) is 3. The van der Waals surface area contributed by atoms with Gasteiger partial charge in [0.2, 0.25) is 0 Å². The first-order valence-corrected chi connectivity index (χ1v) is 6.16. The van der Waals surface area contributed by atoms with Gasteiger partial charge < -0.3 is 10.3 Å². The zero-order valence-electron chi connectivity index (χ0n) is 10.9. The van der Waals surface area contributed by atoms with E-state index < -0.39 is 0 Å². The zero-order valence-corrected chi connectivity index (χ0v) is 10.9. The van der Waals surface area contributed by atoms with E-state index in [1.807, 2.05) is 24.3 Å². The Morgan fingerprint density at radius 2 is 1.89 bits per heavy atom. The Kier molecular flexibility index (Phi) is 3.97. The standard InChI is InChI=1S/C14H17N3O2/c1-16-8-6-13(18)17(14(16)19)10-12-4-2-3-11(9-12)5-7-15/h2-4,6,8-9H,5,7,10,15H2,1H3. The van der Waals surface area contributed by atoms with E-state index in [1.54, 1.807) is 7.05 Å². The van der Waals surface area contributed by atoms with E-state index in [0.29, 0.717) is 6.54 Å². The second-order valence-corrected chi connectivity index (χ2v) is 4.49. The van der Waals surface area contributed by atoms with Gasteiger partial charge in [0.15, 0.2) is 0 Å². The molecule has 0 aliphatic carbocycles. The highest BCUT2D eigenvalue weighted by Gasteiger charge is 2.04. The van der Waals surface area contributed by atoms with Gasteiger partial charge in [0.1, 0.15) is 0 Å². The number of rotatable bonds is 4. The number of nitrogens with zero attached hydrogens (tertiary/aromatic N) is 2. The molecule has 5 heteroatoms. The van der Waals surface area contributed by atoms with Crippen LogP contribution in [0.5, 0.6) is 0 Å². The molecule has 100 valence electrons. The Balaban J connectivity index is 2.36. The van der Waals surface area contributed by atoms with Crippen LogP contribution in [0.15, 0.2) is 46.1 Å². The molecule has 0 atom stereocenters. The van der Waals surface area contributed by atoms with E-state index in [1.165, 1.54) is 21.4 Å². The summed E-state index contributed by atoms with van der Waals surface area (Å²) in [6.45, 7) is 0.862. The minimum Gasteiger partial charge on any atom is -0.330 e. The van der Waals surface area contributed by atoms with Crippen LogP contribution in [0, 0.1) is 0 Å². The molecule has 5 nitrogen and oxygen atoms in total. The van der Waals surface area contributed by atoms with Gasteiger partial charge in [-0.2, -0.15) is 0 Å². The van der Waals surface area contributed by atoms with Crippen LogP contribution >= 0.6 is 0 Å². The smallest absolute Gasteiger partial charge is 0.330 e. The third kappa shape index (κ3) is 3.00. The third-order valence-electron chi connectivity index (χ3n) is 3.00. The maximum Gasteiger partial charge on any atom is 0.331 e. The summed E-state index contributed by atoms with van der Waals surface area (Å²) in [5.41, 5.74) is 6.97. The highest BCUT2D eigenvalue weighted by atomic mass is 16.2. The van der Waals surface area contributed by atoms with Crippen LogP contribution in [0.1, 0.15) is 11.1 Å². The molecule has 0 radical (unpaired) electrons. The van der Waals surface area contributed by atoms with Crippen LogP contribution in [-0.2, 0) is 20.0 Å². The van der Waals surface area contributed by atoms with E-state index in [2.05, 4.69) is 0 Å². The average molecular weight is 259 g/mol. The van der Waals surface area contributed by atoms with Gasteiger partial charge in [-0.25, -0.2) is 4.79 Å². The molecule has 2 rings (SSSR count). The Bertz CT molecular complexity index is 686. The summed E-state index contributed by atoms with van der Waals surface area (Å²) >= 11 is 0. The monoisotopic (exact) mass is 259 g/mol. The Hall–Kier alpha value is -2.14. The molecule has 1 aromatic carbocycles. The van der Waals surface area contributed by atoms with Crippen LogP contribution in [0.3, 0.4) is 0 Å². The summed E-state index contributed by atoms with van der Waals surface area (Å²) in [5, 5.41) is 0. The molecule has 0 fully saturated rings. The summed E-state index contributed by atoms with van der Waals surface area (Å²) in [6.07, 6.45) is 2.27. The number of aromatic nitrogens is 2. The second-order valence-electron chi connectivity index (χ2n) is 4.49. The predicted molar refractivity (Wildman–Crippen MR) is 74.2 cm³/mol. The molecule has 0 unspecified atom stereocenters. The van der Waals surface area contributed by atoms with Gasteiger partial charge in [0.05, 0.1) is 6.54 Å². The lowest BCUT2D eigenvalue weighted by molar-refractivity contribution is 0.639. The van der Waals surface area contributed by atoms with Gasteiger partial charge in [-0.05, 0) is 24.1 Å². The van der Waals surface area contributed by atoms with Crippen LogP contribution in [0.4, 0.5) is 0 Å². The minimum atomic E-state index is -0.309. The van der Waals surface area contributed by atoms with Gasteiger partial charge in [-0.15, -0.1) is 0 Å². The SMILES string of the molecule is Cn1ccc(=O)n(Cc2cccc(CCN)c2)c1=O. The highest BCUT2D eigenvalue weighted by molar-refractivity contribution is 5.24. The molecule has 2 aromatic rings. The number of benzene rings is 1. The third-order valence-corrected chi connectivity index (χ3v) is 3.00. The van der Waals surface area contributed by atoms with Crippen molar-refractivity contribution in [3.8, 4) is 0 Å². The quantitative estimate of drug-likeness (QED) is 0.846. The maximum absolute atomic E-state index is 11.9. The lowest BCUT2D eigenvalue weighted by Gasteiger charge is -2.08. The van der Waals surface area contributed by atoms with E-state index in [0.717, 1.165) is 17.5 Å². The first-order chi connectivity index (χ1) is 9.11. The van der Waals surface area contributed by atoms with Crippen molar-refractivity contribution in [1.29, 1.82) is 0 Å². The fraction of sp³-hybridized carbons (Fsp3) is 0.286. The van der Waals surface area contributed by atoms with Crippen molar-refractivity contribution >= 4 is 0 Å². The molecule has 1 heterocycles. The molecule has 0 amide bonds. The molecule has 0 saturated carbocycles. The largest absolute Gasteiger partial charge is 0.331 e. The first-order valence-electron chi connectivity index (χ1n) is 6.16. The molecule has 0 saturated heterocycles. The van der Waals surface area contributed by atoms with Crippen LogP contribution < -0.4 is 17.0 Å². The predicted octanol–water partition coefficient (Wildman–Crippen LogP) is 0.0965. The van der Waals surface area contributed by atoms with E-state index in [9.17, 15) is 9.59 Å². The van der Waals surface area contributed by atoms with Crippen molar-refractivity contribution in [3.05, 3.63) is 68.5 Å². The lowest BCUT2D eigenvalue weighted by Crippen LogP contribution is -2.38. The molecular formula is C14H17N3O2. The Labute approximate surface area is 110 Å². The minimum absolute atomic E-state index is 0.282. The molecule has 0 bridgehead atoms. The molecule has 2 N–H and O–H groups in total. The number of hydrogen-bond donors (Lipinski definition) is 1. The molecule has 0 spiro atoms. The summed E-state index contributed by atoms with van der Waals surface area (Å²) in [6, 6.07) is 9.18. The number of aryl methyl sites for hydroxylation is 1. The van der Waals surface area contributed by atoms with Gasteiger partial charge >= 0.3 is 5.69 Å². The molecule has 19 heavy (non-hydrogen) atoms. The molecule has 0 aliphatic rings. The maximum atomic E-state index is 11.9. The van der Waals surface area contributed by atoms with Crippen LogP contribution in [0.2, 0.25) is 0 Å². The van der Waals surface area contributed by atoms with E-state index in [-0.39, 0.29) is 17.8 Å². The van der Waals surface area contributed by atoms with E-state index >= 15 is 0 Å².